The first-order valence-corrected chi connectivity index (χ1v) is 11.8. The lowest BCUT2D eigenvalue weighted by atomic mass is 9.95. The monoisotopic (exact) mass is 446 g/mol. The number of rotatable bonds is 22. The molecular formula is C25H50O6. The van der Waals surface area contributed by atoms with E-state index in [-0.39, 0.29) is 36.6 Å². The maximum Gasteiger partial charge on any atom is 0.0630 e. The Bertz CT molecular complexity index is 405. The average Bonchev–Trinajstić information content (AvgIpc) is 2.80. The zero-order valence-corrected chi connectivity index (χ0v) is 21.3. The van der Waals surface area contributed by atoms with Crippen molar-refractivity contribution < 1.29 is 28.4 Å². The fourth-order valence-electron chi connectivity index (χ4n) is 4.05. The molecule has 0 heterocycles. The standard InChI is InChI=1S/C25H50O6/c1-9-11-12-14-21(27-4)16-23(29-6)18-25(31-8)19-24(30-7)17-22(28-5)15-20(26-3)13-10-2/h10,20-25H,2,9,11-19H2,1,3-8H3/t20-,21+,22-,23+,24-,25+/m1/s1. The molecule has 0 aliphatic carbocycles. The van der Waals surface area contributed by atoms with Crippen LogP contribution < -0.4 is 0 Å². The minimum atomic E-state index is 0.0384. The topological polar surface area (TPSA) is 55.4 Å². The van der Waals surface area contributed by atoms with Gasteiger partial charge in [-0.15, -0.1) is 6.58 Å². The molecule has 0 aromatic heterocycles. The van der Waals surface area contributed by atoms with Crippen molar-refractivity contribution in [1.29, 1.82) is 0 Å². The molecule has 0 radical (unpaired) electrons. The summed E-state index contributed by atoms with van der Waals surface area (Å²) in [5.74, 6) is 0. The van der Waals surface area contributed by atoms with E-state index in [1.54, 1.807) is 42.7 Å². The van der Waals surface area contributed by atoms with Gasteiger partial charge in [0.2, 0.25) is 0 Å². The van der Waals surface area contributed by atoms with Crippen molar-refractivity contribution in [2.24, 2.45) is 0 Å². The van der Waals surface area contributed by atoms with Crippen LogP contribution in [-0.4, -0.2) is 79.3 Å². The SMILES string of the molecule is C=CC[C@H](C[C@H](C[C@H](C[C@H](C[C@H](C[C@H](CCCCC)OC)OC)OC)OC)OC)OC. The summed E-state index contributed by atoms with van der Waals surface area (Å²) >= 11 is 0. The molecule has 0 saturated carbocycles. The molecule has 0 aliphatic rings. The second-order valence-electron chi connectivity index (χ2n) is 8.34. The normalized spacial score (nSPS) is 17.6. The van der Waals surface area contributed by atoms with E-state index >= 15 is 0 Å². The number of ether oxygens (including phenoxy) is 6. The summed E-state index contributed by atoms with van der Waals surface area (Å²) in [4.78, 5) is 0. The Balaban J connectivity index is 4.78. The molecule has 0 bridgehead atoms. The van der Waals surface area contributed by atoms with Gasteiger partial charge >= 0.3 is 0 Å². The Morgan fingerprint density at radius 1 is 0.548 bits per heavy atom. The van der Waals surface area contributed by atoms with Crippen LogP contribution in [0, 0.1) is 0 Å². The molecule has 0 amide bonds. The third kappa shape index (κ3) is 14.3. The minimum absolute atomic E-state index is 0.0384. The van der Waals surface area contributed by atoms with Crippen molar-refractivity contribution in [3.63, 3.8) is 0 Å². The molecule has 0 rings (SSSR count). The van der Waals surface area contributed by atoms with Crippen LogP contribution in [0.25, 0.3) is 0 Å². The molecule has 0 unspecified atom stereocenters. The Labute approximate surface area is 191 Å². The maximum absolute atomic E-state index is 5.81. The van der Waals surface area contributed by atoms with Crippen LogP contribution in [0.2, 0.25) is 0 Å². The molecule has 0 aliphatic heterocycles. The van der Waals surface area contributed by atoms with Crippen molar-refractivity contribution >= 4 is 0 Å². The van der Waals surface area contributed by atoms with Crippen LogP contribution in [0.15, 0.2) is 12.7 Å². The van der Waals surface area contributed by atoms with Crippen LogP contribution in [0.5, 0.6) is 0 Å². The van der Waals surface area contributed by atoms with Gasteiger partial charge in [-0.2, -0.15) is 0 Å². The predicted molar refractivity (Wildman–Crippen MR) is 127 cm³/mol. The molecular weight excluding hydrogens is 396 g/mol. The Morgan fingerprint density at radius 3 is 1.23 bits per heavy atom. The minimum Gasteiger partial charge on any atom is -0.381 e. The summed E-state index contributed by atoms with van der Waals surface area (Å²) < 4.78 is 34.3. The largest absolute Gasteiger partial charge is 0.381 e. The van der Waals surface area contributed by atoms with E-state index in [2.05, 4.69) is 13.5 Å². The highest BCUT2D eigenvalue weighted by molar-refractivity contribution is 4.80. The number of hydrogen-bond acceptors (Lipinski definition) is 6. The lowest BCUT2D eigenvalue weighted by Gasteiger charge is -2.29. The molecule has 0 aromatic rings. The molecule has 0 spiro atoms. The van der Waals surface area contributed by atoms with Crippen molar-refractivity contribution in [3.8, 4) is 0 Å². The summed E-state index contributed by atoms with van der Waals surface area (Å²) in [6.45, 7) is 6.03. The smallest absolute Gasteiger partial charge is 0.0630 e. The summed E-state index contributed by atoms with van der Waals surface area (Å²) in [6.07, 6.45) is 12.1. The van der Waals surface area contributed by atoms with E-state index in [1.165, 1.54) is 19.3 Å². The molecule has 6 heteroatoms. The van der Waals surface area contributed by atoms with E-state index in [0.29, 0.717) is 0 Å². The van der Waals surface area contributed by atoms with Gasteiger partial charge in [-0.3, -0.25) is 0 Å². The van der Waals surface area contributed by atoms with Gasteiger partial charge < -0.3 is 28.4 Å². The number of methoxy groups -OCH3 is 6. The van der Waals surface area contributed by atoms with Crippen molar-refractivity contribution in [3.05, 3.63) is 12.7 Å². The molecule has 186 valence electrons. The first-order valence-electron chi connectivity index (χ1n) is 11.8. The average molecular weight is 447 g/mol. The van der Waals surface area contributed by atoms with E-state index in [9.17, 15) is 0 Å². The first-order chi connectivity index (χ1) is 15.0. The van der Waals surface area contributed by atoms with Crippen LogP contribution in [0.1, 0.15) is 71.1 Å². The zero-order valence-electron chi connectivity index (χ0n) is 21.3. The molecule has 0 fully saturated rings. The van der Waals surface area contributed by atoms with E-state index < -0.39 is 0 Å². The van der Waals surface area contributed by atoms with Crippen LogP contribution in [0.4, 0.5) is 0 Å². The highest BCUT2D eigenvalue weighted by Crippen LogP contribution is 2.23. The highest BCUT2D eigenvalue weighted by atomic mass is 16.5. The molecule has 31 heavy (non-hydrogen) atoms. The Morgan fingerprint density at radius 2 is 0.903 bits per heavy atom. The van der Waals surface area contributed by atoms with E-state index in [0.717, 1.165) is 44.9 Å². The van der Waals surface area contributed by atoms with Crippen LogP contribution in [-0.2, 0) is 28.4 Å². The van der Waals surface area contributed by atoms with E-state index in [1.807, 2.05) is 6.08 Å². The number of unbranched alkanes of at least 4 members (excludes halogenated alkanes) is 2. The van der Waals surface area contributed by atoms with Gasteiger partial charge in [0.1, 0.15) is 0 Å². The molecule has 0 N–H and O–H groups in total. The summed E-state index contributed by atoms with van der Waals surface area (Å²) in [6, 6.07) is 0. The Kier molecular flexibility index (Phi) is 19.8. The Hall–Kier alpha value is -0.500. The molecule has 0 aromatic carbocycles. The fourth-order valence-corrected chi connectivity index (χ4v) is 4.05. The molecule has 0 saturated heterocycles. The van der Waals surface area contributed by atoms with Gasteiger partial charge in [0.05, 0.1) is 36.6 Å². The lowest BCUT2D eigenvalue weighted by Crippen LogP contribution is -2.32. The zero-order chi connectivity index (χ0) is 23.5. The van der Waals surface area contributed by atoms with Gasteiger partial charge in [0.15, 0.2) is 0 Å². The van der Waals surface area contributed by atoms with Gasteiger partial charge in [-0.1, -0.05) is 32.3 Å². The van der Waals surface area contributed by atoms with Crippen molar-refractivity contribution in [1.82, 2.24) is 0 Å². The quantitative estimate of drug-likeness (QED) is 0.169. The number of hydrogen-bond donors (Lipinski definition) is 0. The third-order valence-electron chi connectivity index (χ3n) is 6.19. The van der Waals surface area contributed by atoms with E-state index in [4.69, 9.17) is 28.4 Å². The first kappa shape index (κ1) is 30.5. The van der Waals surface area contributed by atoms with Gasteiger partial charge in [-0.05, 0) is 38.5 Å². The fraction of sp³-hybridized carbons (Fsp3) is 0.920. The van der Waals surface area contributed by atoms with Crippen LogP contribution in [0.3, 0.4) is 0 Å². The summed E-state index contributed by atoms with van der Waals surface area (Å²) in [7, 11) is 10.6. The molecule has 6 atom stereocenters. The predicted octanol–water partition coefficient (Wildman–Crippen LogP) is 5.18. The molecule has 6 nitrogen and oxygen atoms in total. The summed E-state index contributed by atoms with van der Waals surface area (Å²) in [5, 5.41) is 0. The van der Waals surface area contributed by atoms with Crippen LogP contribution >= 0.6 is 0 Å². The van der Waals surface area contributed by atoms with Crippen molar-refractivity contribution in [2.75, 3.05) is 42.7 Å². The second-order valence-corrected chi connectivity index (χ2v) is 8.34. The second kappa shape index (κ2) is 20.1. The summed E-state index contributed by atoms with van der Waals surface area (Å²) in [5.41, 5.74) is 0. The van der Waals surface area contributed by atoms with Gasteiger partial charge in [-0.25, -0.2) is 0 Å². The maximum atomic E-state index is 5.81. The van der Waals surface area contributed by atoms with Gasteiger partial charge in [0.25, 0.3) is 0 Å². The van der Waals surface area contributed by atoms with Crippen molar-refractivity contribution in [2.45, 2.75) is 108 Å². The third-order valence-corrected chi connectivity index (χ3v) is 6.19. The van der Waals surface area contributed by atoms with Gasteiger partial charge in [0, 0.05) is 49.1 Å². The lowest BCUT2D eigenvalue weighted by molar-refractivity contribution is -0.0490. The highest BCUT2D eigenvalue weighted by Gasteiger charge is 2.26.